The maximum Gasteiger partial charge on any atom is 0.241 e. The average Bonchev–Trinajstić information content (AvgIpc) is 3.28. The number of fused-ring (bicyclic) bond motifs is 1. The summed E-state index contributed by atoms with van der Waals surface area (Å²) in [6.07, 6.45) is 2.38. The molecule has 0 aliphatic carbocycles. The van der Waals surface area contributed by atoms with Crippen LogP contribution >= 0.6 is 0 Å². The van der Waals surface area contributed by atoms with Crippen LogP contribution in [-0.4, -0.2) is 42.1 Å². The molecule has 5 nitrogen and oxygen atoms in total. The van der Waals surface area contributed by atoms with Crippen molar-refractivity contribution in [2.24, 2.45) is 0 Å². The molecule has 1 fully saturated rings. The Morgan fingerprint density at radius 3 is 2.30 bits per heavy atom. The van der Waals surface area contributed by atoms with Gasteiger partial charge in [-0.1, -0.05) is 48.5 Å². The van der Waals surface area contributed by atoms with E-state index in [4.69, 9.17) is 0 Å². The van der Waals surface area contributed by atoms with Gasteiger partial charge in [0.25, 0.3) is 0 Å². The van der Waals surface area contributed by atoms with Crippen LogP contribution < -0.4 is 14.5 Å². The van der Waals surface area contributed by atoms with Crippen molar-refractivity contribution in [1.82, 2.24) is 4.72 Å². The lowest BCUT2D eigenvalue weighted by molar-refractivity contribution is -0.918. The van der Waals surface area contributed by atoms with Gasteiger partial charge in [0, 0.05) is 43.6 Å². The number of hydrogen-bond donors (Lipinski definition) is 2. The number of nitrogens with zero attached hydrogens (tertiary/aromatic N) is 1. The molecule has 1 aliphatic rings. The molecule has 1 aliphatic heterocycles. The standard InChI is InChI=1S/C24H29N3O2S/c1-26(2)21-14-12-20(13-15-21)23(27-16-5-6-17-27)18-25-30(28,29)24-11-7-9-19-8-3-4-10-22(19)24/h3-4,7-15,23,25H,5-6,16-18H2,1-2H3/p+1/t23-/m0/s1. The molecule has 3 aromatic rings. The first-order chi connectivity index (χ1) is 14.5. The van der Waals surface area contributed by atoms with Gasteiger partial charge in [0.05, 0.1) is 24.5 Å². The van der Waals surface area contributed by atoms with Crippen molar-refractivity contribution >= 4 is 26.5 Å². The van der Waals surface area contributed by atoms with Crippen LogP contribution in [0, 0.1) is 0 Å². The molecule has 1 heterocycles. The van der Waals surface area contributed by atoms with Crippen molar-refractivity contribution in [3.8, 4) is 0 Å². The summed E-state index contributed by atoms with van der Waals surface area (Å²) >= 11 is 0. The molecule has 0 unspecified atom stereocenters. The quantitative estimate of drug-likeness (QED) is 0.613. The Labute approximate surface area is 179 Å². The van der Waals surface area contributed by atoms with E-state index in [1.54, 1.807) is 12.1 Å². The van der Waals surface area contributed by atoms with Crippen LogP contribution in [0.1, 0.15) is 24.4 Å². The Balaban J connectivity index is 1.60. The predicted molar refractivity (Wildman–Crippen MR) is 123 cm³/mol. The van der Waals surface area contributed by atoms with E-state index in [0.29, 0.717) is 11.4 Å². The molecule has 1 atom stereocenters. The third-order valence-electron chi connectivity index (χ3n) is 6.07. The minimum atomic E-state index is -3.61. The minimum Gasteiger partial charge on any atom is -0.378 e. The second-order valence-electron chi connectivity index (χ2n) is 8.23. The topological polar surface area (TPSA) is 53.9 Å². The summed E-state index contributed by atoms with van der Waals surface area (Å²) < 4.78 is 29.3. The maximum atomic E-state index is 13.2. The fourth-order valence-electron chi connectivity index (χ4n) is 4.38. The molecule has 6 heteroatoms. The van der Waals surface area contributed by atoms with E-state index in [-0.39, 0.29) is 6.04 Å². The van der Waals surface area contributed by atoms with Crippen LogP contribution in [-0.2, 0) is 10.0 Å². The van der Waals surface area contributed by atoms with Crippen molar-refractivity contribution in [3.05, 3.63) is 72.3 Å². The normalized spacial score (nSPS) is 16.1. The number of rotatable bonds is 7. The molecule has 0 amide bonds. The highest BCUT2D eigenvalue weighted by molar-refractivity contribution is 7.89. The highest BCUT2D eigenvalue weighted by atomic mass is 32.2. The van der Waals surface area contributed by atoms with E-state index in [2.05, 4.69) is 33.9 Å². The number of sulfonamides is 1. The van der Waals surface area contributed by atoms with Gasteiger partial charge in [-0.3, -0.25) is 0 Å². The SMILES string of the molecule is CN(C)c1ccc([C@H](CNS(=O)(=O)c2cccc3ccccc23)[NH+]2CCCC2)cc1. The molecule has 4 rings (SSSR count). The summed E-state index contributed by atoms with van der Waals surface area (Å²) in [4.78, 5) is 3.87. The van der Waals surface area contributed by atoms with E-state index in [1.165, 1.54) is 23.3 Å². The van der Waals surface area contributed by atoms with Gasteiger partial charge in [0.2, 0.25) is 10.0 Å². The molecule has 2 N–H and O–H groups in total. The third-order valence-corrected chi connectivity index (χ3v) is 7.55. The molecule has 0 spiro atoms. The van der Waals surface area contributed by atoms with Gasteiger partial charge in [-0.2, -0.15) is 0 Å². The average molecular weight is 425 g/mol. The fourth-order valence-corrected chi connectivity index (χ4v) is 5.66. The molecule has 0 radical (unpaired) electrons. The monoisotopic (exact) mass is 424 g/mol. The number of benzene rings is 3. The number of nitrogens with one attached hydrogen (secondary N) is 2. The smallest absolute Gasteiger partial charge is 0.241 e. The van der Waals surface area contributed by atoms with Crippen LogP contribution in [0.15, 0.2) is 71.6 Å². The first-order valence-corrected chi connectivity index (χ1v) is 12.0. The summed E-state index contributed by atoms with van der Waals surface area (Å²) in [5.41, 5.74) is 2.32. The van der Waals surface area contributed by atoms with Crippen LogP contribution in [0.3, 0.4) is 0 Å². The lowest BCUT2D eigenvalue weighted by atomic mass is 10.1. The predicted octanol–water partition coefficient (Wildman–Crippen LogP) is 2.60. The van der Waals surface area contributed by atoms with E-state index < -0.39 is 10.0 Å². The molecule has 0 bridgehead atoms. The number of anilines is 1. The van der Waals surface area contributed by atoms with E-state index >= 15 is 0 Å². The Morgan fingerprint density at radius 2 is 1.60 bits per heavy atom. The molecule has 3 aromatic carbocycles. The summed E-state index contributed by atoms with van der Waals surface area (Å²) in [6.45, 7) is 2.55. The van der Waals surface area contributed by atoms with Crippen molar-refractivity contribution < 1.29 is 13.3 Å². The van der Waals surface area contributed by atoms with Gasteiger partial charge < -0.3 is 9.80 Å². The first kappa shape index (κ1) is 20.8. The minimum absolute atomic E-state index is 0.105. The Hall–Kier alpha value is -2.41. The highest BCUT2D eigenvalue weighted by Gasteiger charge is 2.29. The summed E-state index contributed by atoms with van der Waals surface area (Å²) in [6, 6.07) is 21.6. The number of hydrogen-bond acceptors (Lipinski definition) is 3. The maximum absolute atomic E-state index is 13.2. The fraction of sp³-hybridized carbons (Fsp3) is 0.333. The Bertz CT molecular complexity index is 1100. The Kier molecular flexibility index (Phi) is 6.09. The van der Waals surface area contributed by atoms with Crippen molar-refractivity contribution in [3.63, 3.8) is 0 Å². The van der Waals surface area contributed by atoms with Crippen molar-refractivity contribution in [2.45, 2.75) is 23.8 Å². The zero-order valence-corrected chi connectivity index (χ0v) is 18.5. The molecule has 1 saturated heterocycles. The van der Waals surface area contributed by atoms with Gasteiger partial charge in [0.1, 0.15) is 6.04 Å². The highest BCUT2D eigenvalue weighted by Crippen LogP contribution is 2.23. The summed E-state index contributed by atoms with van der Waals surface area (Å²) in [5.74, 6) is 0. The third kappa shape index (κ3) is 4.36. The first-order valence-electron chi connectivity index (χ1n) is 10.5. The van der Waals surface area contributed by atoms with Gasteiger partial charge in [-0.05, 0) is 23.6 Å². The molecule has 30 heavy (non-hydrogen) atoms. The van der Waals surface area contributed by atoms with E-state index in [1.807, 2.05) is 44.4 Å². The molecule has 0 aromatic heterocycles. The number of quaternary nitrogens is 1. The van der Waals surface area contributed by atoms with E-state index in [9.17, 15) is 8.42 Å². The second-order valence-corrected chi connectivity index (χ2v) is 9.97. The second kappa shape index (κ2) is 8.76. The van der Waals surface area contributed by atoms with Crippen LogP contribution in [0.5, 0.6) is 0 Å². The van der Waals surface area contributed by atoms with Crippen molar-refractivity contribution in [2.75, 3.05) is 38.6 Å². The lowest BCUT2D eigenvalue weighted by Gasteiger charge is -2.26. The van der Waals surface area contributed by atoms with Gasteiger partial charge in [-0.15, -0.1) is 0 Å². The van der Waals surface area contributed by atoms with Crippen LogP contribution in [0.4, 0.5) is 5.69 Å². The zero-order chi connectivity index (χ0) is 21.1. The van der Waals surface area contributed by atoms with Gasteiger partial charge in [0.15, 0.2) is 0 Å². The van der Waals surface area contributed by atoms with E-state index in [0.717, 1.165) is 29.5 Å². The lowest BCUT2D eigenvalue weighted by Crippen LogP contribution is -3.11. The summed E-state index contributed by atoms with van der Waals surface area (Å²) in [5, 5.41) is 1.69. The van der Waals surface area contributed by atoms with Crippen LogP contribution in [0.2, 0.25) is 0 Å². The largest absolute Gasteiger partial charge is 0.378 e. The van der Waals surface area contributed by atoms with Crippen LogP contribution in [0.25, 0.3) is 10.8 Å². The van der Waals surface area contributed by atoms with Gasteiger partial charge >= 0.3 is 0 Å². The van der Waals surface area contributed by atoms with Gasteiger partial charge in [-0.25, -0.2) is 13.1 Å². The number of likely N-dealkylation sites (tertiary alicyclic amines) is 1. The molecular weight excluding hydrogens is 394 g/mol. The molecule has 0 saturated carbocycles. The summed E-state index contributed by atoms with van der Waals surface area (Å²) in [7, 11) is 0.436. The molecular formula is C24H30N3O2S+. The molecule has 158 valence electrons. The van der Waals surface area contributed by atoms with Crippen molar-refractivity contribution in [1.29, 1.82) is 0 Å². The zero-order valence-electron chi connectivity index (χ0n) is 17.6. The Morgan fingerprint density at radius 1 is 0.933 bits per heavy atom.